The summed E-state index contributed by atoms with van der Waals surface area (Å²) >= 11 is 0. The molecule has 0 fully saturated rings. The molecule has 5 aromatic rings. The molecule has 0 spiro atoms. The molecule has 4 heterocycles. The Labute approximate surface area is 162 Å². The summed E-state index contributed by atoms with van der Waals surface area (Å²) in [7, 11) is 0. The Balaban J connectivity index is 1.80. The number of fused-ring (bicyclic) bond motifs is 3. The van der Waals surface area contributed by atoms with E-state index in [2.05, 4.69) is 72.7 Å². The monoisotopic (exact) mass is 368 g/mol. The summed E-state index contributed by atoms with van der Waals surface area (Å²) in [4.78, 5) is 14.2. The van der Waals surface area contributed by atoms with Gasteiger partial charge in [-0.25, -0.2) is 19.5 Å². The second-order valence-electron chi connectivity index (χ2n) is 7.20. The fraction of sp³-hybridized carbons (Fsp3) is 0.182. The molecular formula is C22H20N6. The molecule has 5 rings (SSSR count). The first-order valence-corrected chi connectivity index (χ1v) is 9.26. The van der Waals surface area contributed by atoms with Crippen molar-refractivity contribution in [1.29, 1.82) is 0 Å². The van der Waals surface area contributed by atoms with Gasteiger partial charge in [0.05, 0.1) is 5.39 Å². The first-order valence-electron chi connectivity index (χ1n) is 9.26. The third-order valence-corrected chi connectivity index (χ3v) is 5.34. The highest BCUT2D eigenvalue weighted by atomic mass is 15.3. The molecule has 0 amide bonds. The number of aromatic nitrogens is 6. The van der Waals surface area contributed by atoms with Crippen LogP contribution in [0.1, 0.15) is 22.4 Å². The Morgan fingerprint density at radius 1 is 0.857 bits per heavy atom. The molecule has 0 radical (unpaired) electrons. The van der Waals surface area contributed by atoms with Crippen molar-refractivity contribution in [2.75, 3.05) is 0 Å². The van der Waals surface area contributed by atoms with Crippen LogP contribution in [0.25, 0.3) is 33.9 Å². The first kappa shape index (κ1) is 16.6. The molecule has 0 saturated heterocycles. The molecule has 0 atom stereocenters. The van der Waals surface area contributed by atoms with Gasteiger partial charge in [0.25, 0.3) is 0 Å². The fourth-order valence-corrected chi connectivity index (χ4v) is 3.66. The largest absolute Gasteiger partial charge is 0.282 e. The molecule has 0 saturated carbocycles. The number of hydrogen-bond acceptors (Lipinski definition) is 4. The maximum absolute atomic E-state index is 4.85. The molecule has 0 aliphatic carbocycles. The minimum absolute atomic E-state index is 0.702. The van der Waals surface area contributed by atoms with Gasteiger partial charge in [-0.2, -0.15) is 0 Å². The maximum atomic E-state index is 4.85. The number of aryl methyl sites for hydroxylation is 3. The smallest absolute Gasteiger partial charge is 0.182 e. The van der Waals surface area contributed by atoms with Crippen LogP contribution in [0.4, 0.5) is 0 Å². The summed E-state index contributed by atoms with van der Waals surface area (Å²) in [6.45, 7) is 8.34. The number of rotatable bonds is 2. The predicted molar refractivity (Wildman–Crippen MR) is 110 cm³/mol. The number of nitrogens with zero attached hydrogens (tertiary/aromatic N) is 6. The van der Waals surface area contributed by atoms with E-state index >= 15 is 0 Å². The zero-order valence-corrected chi connectivity index (χ0v) is 16.3. The molecule has 0 aliphatic rings. The summed E-state index contributed by atoms with van der Waals surface area (Å²) in [5.41, 5.74) is 7.23. The molecule has 0 unspecified atom stereocenters. The zero-order chi connectivity index (χ0) is 19.4. The summed E-state index contributed by atoms with van der Waals surface area (Å²) in [5, 5.41) is 5.66. The van der Waals surface area contributed by atoms with Crippen molar-refractivity contribution in [1.82, 2.24) is 29.1 Å². The van der Waals surface area contributed by atoms with Gasteiger partial charge in [-0.05, 0) is 44.9 Å². The van der Waals surface area contributed by atoms with Gasteiger partial charge in [0, 0.05) is 17.5 Å². The molecule has 6 nitrogen and oxygen atoms in total. The Hall–Kier alpha value is -3.54. The van der Waals surface area contributed by atoms with Gasteiger partial charge < -0.3 is 0 Å². The highest BCUT2D eigenvalue weighted by Crippen LogP contribution is 2.30. The third kappa shape index (κ3) is 2.34. The van der Waals surface area contributed by atoms with E-state index in [1.165, 1.54) is 5.56 Å². The van der Waals surface area contributed by atoms with Crippen LogP contribution in [-0.4, -0.2) is 29.1 Å². The quantitative estimate of drug-likeness (QED) is 0.464. The topological polar surface area (TPSA) is 60.9 Å². The Bertz CT molecular complexity index is 1340. The van der Waals surface area contributed by atoms with Crippen LogP contribution in [0.15, 0.2) is 48.9 Å². The van der Waals surface area contributed by atoms with Crippen LogP contribution in [0, 0.1) is 27.7 Å². The van der Waals surface area contributed by atoms with Gasteiger partial charge in [-0.15, -0.1) is 5.10 Å². The van der Waals surface area contributed by atoms with E-state index in [1.54, 1.807) is 10.8 Å². The fourth-order valence-electron chi connectivity index (χ4n) is 3.66. The van der Waals surface area contributed by atoms with Crippen LogP contribution < -0.4 is 0 Å². The molecule has 0 N–H and O–H groups in total. The minimum Gasteiger partial charge on any atom is -0.282 e. The van der Waals surface area contributed by atoms with E-state index in [9.17, 15) is 0 Å². The lowest BCUT2D eigenvalue weighted by Crippen LogP contribution is -2.03. The second kappa shape index (κ2) is 5.99. The van der Waals surface area contributed by atoms with Crippen LogP contribution in [0.5, 0.6) is 0 Å². The molecule has 0 aliphatic heterocycles. The average Bonchev–Trinajstić information content (AvgIpc) is 3.23. The van der Waals surface area contributed by atoms with Crippen molar-refractivity contribution >= 4 is 16.7 Å². The number of benzene rings is 1. The Morgan fingerprint density at radius 3 is 2.39 bits per heavy atom. The van der Waals surface area contributed by atoms with E-state index < -0.39 is 0 Å². The standard InChI is InChI=1S/C22H20N6/c1-13-7-9-17(10-8-13)19-25-22-18-15(3)16(4)28(20-14(2)6-5-11-23-20)21(18)24-12-27(22)26-19/h5-12H,1-4H3. The van der Waals surface area contributed by atoms with Gasteiger partial charge in [-0.1, -0.05) is 35.9 Å². The van der Waals surface area contributed by atoms with Gasteiger partial charge >= 0.3 is 0 Å². The molecular weight excluding hydrogens is 348 g/mol. The Kier molecular flexibility index (Phi) is 3.55. The number of pyridine rings is 1. The molecule has 28 heavy (non-hydrogen) atoms. The van der Waals surface area contributed by atoms with E-state index in [0.29, 0.717) is 5.82 Å². The molecule has 1 aromatic carbocycles. The lowest BCUT2D eigenvalue weighted by Gasteiger charge is -2.09. The van der Waals surface area contributed by atoms with Gasteiger partial charge in [-0.3, -0.25) is 4.57 Å². The summed E-state index contributed by atoms with van der Waals surface area (Å²) < 4.78 is 3.87. The highest BCUT2D eigenvalue weighted by molar-refractivity contribution is 5.95. The van der Waals surface area contributed by atoms with E-state index in [4.69, 9.17) is 9.97 Å². The van der Waals surface area contributed by atoms with Crippen molar-refractivity contribution in [2.24, 2.45) is 0 Å². The normalized spacial score (nSPS) is 11.6. The SMILES string of the molecule is Cc1ccc(-c2nc3c4c(C)c(C)n(-c5ncccc5C)c4ncn3n2)cc1. The predicted octanol–water partition coefficient (Wildman–Crippen LogP) is 4.36. The van der Waals surface area contributed by atoms with Gasteiger partial charge in [0.1, 0.15) is 12.1 Å². The third-order valence-electron chi connectivity index (χ3n) is 5.34. The second-order valence-corrected chi connectivity index (χ2v) is 7.20. The number of hydrogen-bond donors (Lipinski definition) is 0. The van der Waals surface area contributed by atoms with E-state index in [0.717, 1.165) is 44.9 Å². The van der Waals surface area contributed by atoms with Crippen molar-refractivity contribution < 1.29 is 0 Å². The van der Waals surface area contributed by atoms with Crippen molar-refractivity contribution in [3.63, 3.8) is 0 Å². The van der Waals surface area contributed by atoms with Crippen molar-refractivity contribution in [2.45, 2.75) is 27.7 Å². The zero-order valence-electron chi connectivity index (χ0n) is 16.3. The van der Waals surface area contributed by atoms with Crippen LogP contribution >= 0.6 is 0 Å². The summed E-state index contributed by atoms with van der Waals surface area (Å²) in [5.74, 6) is 1.60. The average molecular weight is 368 g/mol. The minimum atomic E-state index is 0.702. The highest BCUT2D eigenvalue weighted by Gasteiger charge is 2.20. The molecule has 4 aromatic heterocycles. The maximum Gasteiger partial charge on any atom is 0.182 e. The van der Waals surface area contributed by atoms with Crippen molar-refractivity contribution in [3.8, 4) is 17.2 Å². The summed E-state index contributed by atoms with van der Waals surface area (Å²) in [6, 6.07) is 12.3. The van der Waals surface area contributed by atoms with Gasteiger partial charge in [0.15, 0.2) is 17.1 Å². The summed E-state index contributed by atoms with van der Waals surface area (Å²) in [6.07, 6.45) is 3.55. The molecule has 138 valence electrons. The van der Waals surface area contributed by atoms with Crippen LogP contribution in [-0.2, 0) is 0 Å². The lowest BCUT2D eigenvalue weighted by molar-refractivity contribution is 0.915. The van der Waals surface area contributed by atoms with Crippen molar-refractivity contribution in [3.05, 3.63) is 71.3 Å². The first-order chi connectivity index (χ1) is 13.5. The molecule has 0 bridgehead atoms. The Morgan fingerprint density at radius 2 is 1.64 bits per heavy atom. The van der Waals surface area contributed by atoms with Crippen LogP contribution in [0.2, 0.25) is 0 Å². The lowest BCUT2D eigenvalue weighted by atomic mass is 10.1. The molecule has 6 heteroatoms. The van der Waals surface area contributed by atoms with E-state index in [1.807, 2.05) is 12.3 Å². The van der Waals surface area contributed by atoms with Crippen LogP contribution in [0.3, 0.4) is 0 Å². The van der Waals surface area contributed by atoms with Gasteiger partial charge in [0.2, 0.25) is 0 Å². The van der Waals surface area contributed by atoms with E-state index in [-0.39, 0.29) is 0 Å².